The number of aliphatic imine (C=N–C) groups is 1. The fraction of sp³-hybridized carbons (Fsp3) is 0.281. The Kier molecular flexibility index (Phi) is 6.90. The molecule has 206 valence electrons. The maximum atomic E-state index is 14.2. The van der Waals surface area contributed by atoms with E-state index in [2.05, 4.69) is 4.99 Å². The summed E-state index contributed by atoms with van der Waals surface area (Å²) >= 11 is 0. The van der Waals surface area contributed by atoms with Gasteiger partial charge in [0.25, 0.3) is 0 Å². The van der Waals surface area contributed by atoms with Gasteiger partial charge in [-0.1, -0.05) is 54.6 Å². The molecule has 0 saturated heterocycles. The third-order valence-electron chi connectivity index (χ3n) is 7.05. The zero-order valence-electron chi connectivity index (χ0n) is 22.5. The van der Waals surface area contributed by atoms with E-state index < -0.39 is 22.9 Å². The van der Waals surface area contributed by atoms with Gasteiger partial charge in [-0.25, -0.2) is 4.79 Å². The van der Waals surface area contributed by atoms with Crippen LogP contribution in [0.2, 0.25) is 0 Å². The number of benzene rings is 3. The summed E-state index contributed by atoms with van der Waals surface area (Å²) in [6.07, 6.45) is 0.845. The summed E-state index contributed by atoms with van der Waals surface area (Å²) in [6, 6.07) is 17.4. The fourth-order valence-electron chi connectivity index (χ4n) is 5.07. The van der Waals surface area contributed by atoms with Crippen molar-refractivity contribution < 1.29 is 27.5 Å². The van der Waals surface area contributed by atoms with Crippen LogP contribution in [0.3, 0.4) is 0 Å². The average molecular weight is 547 g/mol. The maximum absolute atomic E-state index is 14.2. The number of hydrogen-bond acceptors (Lipinski definition) is 4. The van der Waals surface area contributed by atoms with Gasteiger partial charge in [0, 0.05) is 24.9 Å². The first kappa shape index (κ1) is 27.4. The van der Waals surface area contributed by atoms with Crippen molar-refractivity contribution in [3.8, 4) is 11.1 Å². The second kappa shape index (κ2) is 10.1. The molecular formula is C32H29F3N2O3. The highest BCUT2D eigenvalue weighted by atomic mass is 19.4. The number of ketones is 1. The Balaban J connectivity index is 1.47. The Hall–Kier alpha value is -4.20. The number of Topliss-reactive ketones (excluding diaryl/α,β-unsaturated/α-hetero) is 1. The van der Waals surface area contributed by atoms with Crippen LogP contribution < -0.4 is 0 Å². The number of hydrogen-bond donors (Lipinski definition) is 0. The summed E-state index contributed by atoms with van der Waals surface area (Å²) in [4.78, 5) is 33.1. The van der Waals surface area contributed by atoms with Crippen LogP contribution in [0.4, 0.5) is 18.0 Å². The third-order valence-corrected chi connectivity index (χ3v) is 7.05. The van der Waals surface area contributed by atoms with Crippen LogP contribution in [0.25, 0.3) is 11.1 Å². The zero-order valence-corrected chi connectivity index (χ0v) is 22.5. The summed E-state index contributed by atoms with van der Waals surface area (Å²) in [5.41, 5.74) is 1.44. The molecule has 0 spiro atoms. The van der Waals surface area contributed by atoms with Crippen LogP contribution in [0.15, 0.2) is 83.9 Å². The number of allylic oxidation sites excluding steroid dienone is 1. The van der Waals surface area contributed by atoms with Crippen LogP contribution in [0.5, 0.6) is 0 Å². The SMILES string of the molecule is CC(C)(C)OC(=O)N1CCc2cc(C3(C(=O)c4ccccc4-c4ccc(C(F)(F)F)cc4)C=CC=N3)ccc2C1. The highest BCUT2D eigenvalue weighted by molar-refractivity contribution is 6.11. The molecule has 0 aliphatic carbocycles. The van der Waals surface area contributed by atoms with Gasteiger partial charge >= 0.3 is 12.3 Å². The fourth-order valence-corrected chi connectivity index (χ4v) is 5.07. The van der Waals surface area contributed by atoms with Crippen LogP contribution in [0.1, 0.15) is 53.4 Å². The molecule has 0 bridgehead atoms. The summed E-state index contributed by atoms with van der Waals surface area (Å²) < 4.78 is 44.9. The molecule has 3 aromatic rings. The van der Waals surface area contributed by atoms with Crippen molar-refractivity contribution in [2.45, 2.75) is 51.1 Å². The largest absolute Gasteiger partial charge is 0.444 e. The lowest BCUT2D eigenvalue weighted by Gasteiger charge is -2.32. The van der Waals surface area contributed by atoms with Gasteiger partial charge in [-0.2, -0.15) is 13.2 Å². The first-order valence-electron chi connectivity index (χ1n) is 13.0. The molecule has 2 aliphatic rings. The van der Waals surface area contributed by atoms with Crippen molar-refractivity contribution >= 4 is 18.1 Å². The van der Waals surface area contributed by atoms with Crippen LogP contribution in [-0.2, 0) is 29.4 Å². The van der Waals surface area contributed by atoms with E-state index in [1.807, 2.05) is 39.0 Å². The van der Waals surface area contributed by atoms with Gasteiger partial charge in [-0.05, 0) is 79.3 Å². The van der Waals surface area contributed by atoms with E-state index in [4.69, 9.17) is 4.74 Å². The first-order valence-corrected chi connectivity index (χ1v) is 13.0. The smallest absolute Gasteiger partial charge is 0.416 e. The third kappa shape index (κ3) is 5.30. The highest BCUT2D eigenvalue weighted by Crippen LogP contribution is 2.39. The van der Waals surface area contributed by atoms with Crippen LogP contribution >= 0.6 is 0 Å². The van der Waals surface area contributed by atoms with Gasteiger partial charge in [0.1, 0.15) is 5.60 Å². The monoisotopic (exact) mass is 546 g/mol. The van der Waals surface area contributed by atoms with E-state index >= 15 is 0 Å². The number of carbonyl (C=O) groups excluding carboxylic acids is 2. The molecule has 0 aromatic heterocycles. The Morgan fingerprint density at radius 1 is 0.950 bits per heavy atom. The number of fused-ring (bicyclic) bond motifs is 1. The normalized spacial score (nSPS) is 18.5. The molecule has 40 heavy (non-hydrogen) atoms. The van der Waals surface area contributed by atoms with Crippen molar-refractivity contribution in [1.29, 1.82) is 0 Å². The van der Waals surface area contributed by atoms with E-state index in [0.717, 1.165) is 23.3 Å². The average Bonchev–Trinajstić information content (AvgIpc) is 3.42. The second-order valence-electron chi connectivity index (χ2n) is 11.0. The van der Waals surface area contributed by atoms with Gasteiger partial charge < -0.3 is 9.64 Å². The highest BCUT2D eigenvalue weighted by Gasteiger charge is 2.41. The number of carbonyl (C=O) groups is 2. The number of halogens is 3. The number of rotatable bonds is 4. The van der Waals surface area contributed by atoms with Gasteiger partial charge in [-0.3, -0.25) is 9.79 Å². The Morgan fingerprint density at radius 2 is 1.68 bits per heavy atom. The number of ether oxygens (including phenoxy) is 1. The summed E-state index contributed by atoms with van der Waals surface area (Å²) in [5, 5.41) is 0. The quantitative estimate of drug-likeness (QED) is 0.321. The summed E-state index contributed by atoms with van der Waals surface area (Å²) in [5.74, 6) is -0.279. The molecule has 0 N–H and O–H groups in total. The lowest BCUT2D eigenvalue weighted by molar-refractivity contribution is -0.137. The van der Waals surface area contributed by atoms with E-state index in [9.17, 15) is 22.8 Å². The molecule has 0 radical (unpaired) electrons. The van der Waals surface area contributed by atoms with Crippen molar-refractivity contribution in [2.75, 3.05) is 6.54 Å². The molecule has 0 fully saturated rings. The lowest BCUT2D eigenvalue weighted by atomic mass is 9.80. The van der Waals surface area contributed by atoms with Gasteiger partial charge in [0.2, 0.25) is 0 Å². The van der Waals surface area contributed by atoms with Crippen molar-refractivity contribution in [2.24, 2.45) is 4.99 Å². The number of amides is 1. The molecular weight excluding hydrogens is 517 g/mol. The minimum Gasteiger partial charge on any atom is -0.444 e. The van der Waals surface area contributed by atoms with Crippen molar-refractivity contribution in [3.05, 3.63) is 107 Å². The van der Waals surface area contributed by atoms with E-state index in [0.29, 0.717) is 41.8 Å². The standard InChI is InChI=1S/C32H29F3N2O3/c1-30(2,3)40-29(39)37-18-15-22-19-25(14-11-23(22)20-37)31(16-6-17-36-31)28(38)27-8-5-4-7-26(27)21-9-12-24(13-10-21)32(33,34)35/h4-14,16-17,19H,15,18,20H2,1-3H3. The predicted octanol–water partition coefficient (Wildman–Crippen LogP) is 7.38. The molecule has 8 heteroatoms. The maximum Gasteiger partial charge on any atom is 0.416 e. The second-order valence-corrected chi connectivity index (χ2v) is 11.0. The Bertz CT molecular complexity index is 1500. The lowest BCUT2D eigenvalue weighted by Crippen LogP contribution is -2.40. The molecule has 1 amide bonds. The molecule has 0 saturated carbocycles. The Morgan fingerprint density at radius 3 is 2.33 bits per heavy atom. The predicted molar refractivity (Wildman–Crippen MR) is 147 cm³/mol. The molecule has 1 unspecified atom stereocenters. The molecule has 2 aliphatic heterocycles. The molecule has 5 nitrogen and oxygen atoms in total. The van der Waals surface area contributed by atoms with Crippen molar-refractivity contribution in [1.82, 2.24) is 4.90 Å². The molecule has 1 atom stereocenters. The molecule has 2 heterocycles. The van der Waals surface area contributed by atoms with Crippen LogP contribution in [0, 0.1) is 0 Å². The topological polar surface area (TPSA) is 59.0 Å². The van der Waals surface area contributed by atoms with Gasteiger partial charge in [0.15, 0.2) is 11.3 Å². The number of alkyl halides is 3. The number of nitrogens with zero attached hydrogens (tertiary/aromatic N) is 2. The first-order chi connectivity index (χ1) is 18.9. The van der Waals surface area contributed by atoms with E-state index in [-0.39, 0.29) is 11.9 Å². The summed E-state index contributed by atoms with van der Waals surface area (Å²) in [7, 11) is 0. The van der Waals surface area contributed by atoms with Gasteiger partial charge in [0.05, 0.1) is 5.56 Å². The minimum absolute atomic E-state index is 0.279. The molecule has 3 aromatic carbocycles. The Labute approximate surface area is 231 Å². The van der Waals surface area contributed by atoms with Crippen molar-refractivity contribution in [3.63, 3.8) is 0 Å². The van der Waals surface area contributed by atoms with Crippen LogP contribution in [-0.4, -0.2) is 35.1 Å². The van der Waals surface area contributed by atoms with E-state index in [1.54, 1.807) is 47.5 Å². The van der Waals surface area contributed by atoms with E-state index in [1.165, 1.54) is 12.1 Å². The molecule has 5 rings (SSSR count). The zero-order chi connectivity index (χ0) is 28.7. The van der Waals surface area contributed by atoms with Gasteiger partial charge in [-0.15, -0.1) is 0 Å². The minimum atomic E-state index is -4.45. The summed E-state index contributed by atoms with van der Waals surface area (Å²) in [6.45, 7) is 6.38.